The Bertz CT molecular complexity index is 851. The Morgan fingerprint density at radius 3 is 2.65 bits per heavy atom. The number of urea groups is 1. The number of nitrogens with one attached hydrogen (secondary N) is 3. The van der Waals surface area contributed by atoms with Crippen molar-refractivity contribution in [2.45, 2.75) is 76.5 Å². The quantitative estimate of drug-likeness (QED) is 0.341. The highest BCUT2D eigenvalue weighted by Crippen LogP contribution is 2.34. The summed E-state index contributed by atoms with van der Waals surface area (Å²) >= 11 is 6.30. The molecule has 0 spiro atoms. The van der Waals surface area contributed by atoms with E-state index in [-0.39, 0.29) is 30.1 Å². The van der Waals surface area contributed by atoms with E-state index in [0.29, 0.717) is 30.6 Å². The van der Waals surface area contributed by atoms with Gasteiger partial charge in [0.15, 0.2) is 0 Å². The number of hydrogen-bond donors (Lipinski definition) is 3. The van der Waals surface area contributed by atoms with E-state index in [9.17, 15) is 9.59 Å². The number of benzene rings is 1. The Morgan fingerprint density at radius 1 is 1.16 bits per heavy atom. The molecule has 3 rings (SSSR count). The smallest absolute Gasteiger partial charge is 0.406 e. The van der Waals surface area contributed by atoms with Gasteiger partial charge in [0, 0.05) is 42.7 Å². The summed E-state index contributed by atoms with van der Waals surface area (Å²) < 4.78 is 10.9. The number of amides is 3. The van der Waals surface area contributed by atoms with Crippen molar-refractivity contribution in [1.82, 2.24) is 20.9 Å². The number of hydrogen-bond acceptors (Lipinski definition) is 5. The molecule has 3 amide bonds. The van der Waals surface area contributed by atoms with Crippen LogP contribution in [-0.4, -0.2) is 69.5 Å². The Hall–Kier alpha value is -2.03. The van der Waals surface area contributed by atoms with Crippen LogP contribution in [-0.2, 0) is 9.47 Å². The number of carbonyl (C=O) groups excluding carboxylic acids is 2. The topological polar surface area (TPSA) is 91.9 Å². The predicted molar refractivity (Wildman–Crippen MR) is 147 cm³/mol. The molecule has 1 saturated heterocycles. The first-order chi connectivity index (χ1) is 17.9. The van der Waals surface area contributed by atoms with Crippen LogP contribution in [0.2, 0.25) is 5.02 Å². The normalized spacial score (nSPS) is 21.1. The fourth-order valence-corrected chi connectivity index (χ4v) is 5.86. The predicted octanol–water partition coefficient (Wildman–Crippen LogP) is 5.12. The van der Waals surface area contributed by atoms with Crippen LogP contribution in [0.15, 0.2) is 24.3 Å². The maximum atomic E-state index is 13.5. The van der Waals surface area contributed by atoms with Crippen LogP contribution in [0.25, 0.3) is 0 Å². The number of nitrogens with zero attached hydrogens (tertiary/aromatic N) is 1. The summed E-state index contributed by atoms with van der Waals surface area (Å²) in [6.07, 6.45) is 8.62. The molecule has 0 unspecified atom stereocenters. The number of halogens is 1. The number of methoxy groups -OCH3 is 1. The fourth-order valence-electron chi connectivity index (χ4n) is 5.66. The lowest BCUT2D eigenvalue weighted by Gasteiger charge is -2.38. The Kier molecular flexibility index (Phi) is 12.3. The molecule has 2 aliphatic rings. The molecule has 1 aromatic rings. The van der Waals surface area contributed by atoms with E-state index in [0.717, 1.165) is 31.4 Å². The van der Waals surface area contributed by atoms with E-state index in [4.69, 9.17) is 16.3 Å². The van der Waals surface area contributed by atoms with Crippen molar-refractivity contribution in [1.29, 1.82) is 0 Å². The minimum Gasteiger partial charge on any atom is -0.453 e. The zero-order valence-corrected chi connectivity index (χ0v) is 23.4. The van der Waals surface area contributed by atoms with Gasteiger partial charge >= 0.3 is 12.1 Å². The molecule has 8 nitrogen and oxygen atoms in total. The maximum Gasteiger partial charge on any atom is 0.406 e. The van der Waals surface area contributed by atoms with Crippen molar-refractivity contribution in [3.05, 3.63) is 34.9 Å². The van der Waals surface area contributed by atoms with E-state index < -0.39 is 6.09 Å². The molecule has 208 valence electrons. The van der Waals surface area contributed by atoms with Crippen LogP contribution in [0, 0.1) is 11.8 Å². The average molecular weight is 537 g/mol. The van der Waals surface area contributed by atoms with Gasteiger partial charge in [-0.25, -0.2) is 9.59 Å². The van der Waals surface area contributed by atoms with Crippen molar-refractivity contribution in [3.63, 3.8) is 0 Å². The van der Waals surface area contributed by atoms with Gasteiger partial charge in [-0.05, 0) is 56.8 Å². The number of carbonyl (C=O) groups is 2. The third-order valence-electron chi connectivity index (χ3n) is 7.88. The minimum absolute atomic E-state index is 0.00446. The summed E-state index contributed by atoms with van der Waals surface area (Å²) in [7, 11) is 3.30. The number of likely N-dealkylation sites (N-methyl/N-ethyl adjacent to an activating group) is 1. The maximum absolute atomic E-state index is 13.5. The lowest BCUT2D eigenvalue weighted by molar-refractivity contribution is -0.00870. The van der Waals surface area contributed by atoms with Crippen LogP contribution in [0.5, 0.6) is 0 Å². The zero-order valence-electron chi connectivity index (χ0n) is 22.6. The van der Waals surface area contributed by atoms with E-state index in [1.54, 1.807) is 0 Å². The zero-order chi connectivity index (χ0) is 26.6. The lowest BCUT2D eigenvalue weighted by atomic mass is 9.83. The molecule has 1 aliphatic carbocycles. The molecule has 1 saturated carbocycles. The van der Waals surface area contributed by atoms with E-state index >= 15 is 0 Å². The molecule has 9 heteroatoms. The first-order valence-electron chi connectivity index (χ1n) is 13.8. The summed E-state index contributed by atoms with van der Waals surface area (Å²) in [6, 6.07) is 8.01. The highest BCUT2D eigenvalue weighted by atomic mass is 35.5. The van der Waals surface area contributed by atoms with Gasteiger partial charge in [0.1, 0.15) is 0 Å². The number of rotatable bonds is 11. The second-order valence-electron chi connectivity index (χ2n) is 10.5. The summed E-state index contributed by atoms with van der Waals surface area (Å²) in [4.78, 5) is 26.8. The van der Waals surface area contributed by atoms with Crippen LogP contribution in [0.4, 0.5) is 9.59 Å². The third-order valence-corrected chi connectivity index (χ3v) is 8.12. The van der Waals surface area contributed by atoms with Crippen LogP contribution in [0.1, 0.15) is 70.0 Å². The SMILES string of the molecule is CN[C@H](C)[C@H](CC1CCCCC1)NC(=O)N1CCC[C@@H]([C@@H](OCCNC(=O)OC)c2cccc(Cl)c2)C1. The number of alkyl carbamates (subject to hydrolysis) is 1. The molecule has 1 aromatic carbocycles. The molecular weight excluding hydrogens is 492 g/mol. The van der Waals surface area contributed by atoms with Gasteiger partial charge in [-0.2, -0.15) is 0 Å². The summed E-state index contributed by atoms with van der Waals surface area (Å²) in [5, 5.41) is 10.0. The summed E-state index contributed by atoms with van der Waals surface area (Å²) in [6.45, 7) is 4.16. The van der Waals surface area contributed by atoms with Crippen LogP contribution in [0.3, 0.4) is 0 Å². The van der Waals surface area contributed by atoms with Gasteiger partial charge in [-0.15, -0.1) is 0 Å². The average Bonchev–Trinajstić information content (AvgIpc) is 2.92. The fraction of sp³-hybridized carbons (Fsp3) is 0.714. The van der Waals surface area contributed by atoms with Gasteiger partial charge in [0.05, 0.1) is 19.8 Å². The van der Waals surface area contributed by atoms with Gasteiger partial charge < -0.3 is 30.3 Å². The Morgan fingerprint density at radius 2 is 1.95 bits per heavy atom. The molecular formula is C28H45ClN4O4. The monoisotopic (exact) mass is 536 g/mol. The summed E-state index contributed by atoms with van der Waals surface area (Å²) in [5.41, 5.74) is 0.983. The largest absolute Gasteiger partial charge is 0.453 e. The Labute approximate surface area is 227 Å². The number of ether oxygens (including phenoxy) is 2. The first-order valence-corrected chi connectivity index (χ1v) is 14.2. The minimum atomic E-state index is -0.484. The van der Waals surface area contributed by atoms with Crippen molar-refractivity contribution in [2.75, 3.05) is 40.4 Å². The van der Waals surface area contributed by atoms with E-state index in [2.05, 4.69) is 27.6 Å². The molecule has 4 atom stereocenters. The number of likely N-dealkylation sites (tertiary alicyclic amines) is 1. The first kappa shape index (κ1) is 29.5. The summed E-state index contributed by atoms with van der Waals surface area (Å²) in [5.74, 6) is 0.803. The molecule has 0 radical (unpaired) electrons. The third kappa shape index (κ3) is 9.34. The van der Waals surface area contributed by atoms with Crippen molar-refractivity contribution >= 4 is 23.7 Å². The van der Waals surface area contributed by atoms with Gasteiger partial charge in [0.2, 0.25) is 0 Å². The molecule has 0 aromatic heterocycles. The second kappa shape index (κ2) is 15.4. The molecule has 1 aliphatic heterocycles. The molecule has 1 heterocycles. The van der Waals surface area contributed by atoms with Crippen LogP contribution < -0.4 is 16.0 Å². The van der Waals surface area contributed by atoms with Gasteiger partial charge in [-0.1, -0.05) is 55.8 Å². The molecule has 0 bridgehead atoms. The second-order valence-corrected chi connectivity index (χ2v) is 10.9. The highest BCUT2D eigenvalue weighted by Gasteiger charge is 2.33. The lowest BCUT2D eigenvalue weighted by Crippen LogP contribution is -2.54. The van der Waals surface area contributed by atoms with Gasteiger partial charge in [-0.3, -0.25) is 0 Å². The van der Waals surface area contributed by atoms with E-state index in [1.807, 2.05) is 36.2 Å². The molecule has 37 heavy (non-hydrogen) atoms. The van der Waals surface area contributed by atoms with Crippen molar-refractivity contribution < 1.29 is 19.1 Å². The van der Waals surface area contributed by atoms with Crippen LogP contribution >= 0.6 is 11.6 Å². The molecule has 2 fully saturated rings. The standard InChI is InChI=1S/C28H45ClN4O4/c1-20(30-2)25(17-21-9-5-4-6-10-21)32-27(34)33-15-8-12-23(19-33)26(22-11-7-13-24(29)18-22)37-16-14-31-28(35)36-3/h7,11,13,18,20-21,23,25-26,30H,4-6,8-10,12,14-17,19H2,1-3H3,(H,31,35)(H,32,34)/t20-,23-,25+,26+/m1/s1. The van der Waals surface area contributed by atoms with Crippen molar-refractivity contribution in [3.8, 4) is 0 Å². The van der Waals surface area contributed by atoms with Crippen molar-refractivity contribution in [2.24, 2.45) is 11.8 Å². The van der Waals surface area contributed by atoms with E-state index in [1.165, 1.54) is 39.2 Å². The number of piperidine rings is 1. The molecule has 3 N–H and O–H groups in total. The van der Waals surface area contributed by atoms with Gasteiger partial charge in [0.25, 0.3) is 0 Å². The Balaban J connectivity index is 1.65. The highest BCUT2D eigenvalue weighted by molar-refractivity contribution is 6.30.